The van der Waals surface area contributed by atoms with Crippen LogP contribution in [-0.4, -0.2) is 44.8 Å². The summed E-state index contributed by atoms with van der Waals surface area (Å²) in [7, 11) is 1.86. The summed E-state index contributed by atoms with van der Waals surface area (Å²) >= 11 is 0. The highest BCUT2D eigenvalue weighted by molar-refractivity contribution is 5.80. The lowest BCUT2D eigenvalue weighted by Crippen LogP contribution is -2.71. The molecule has 2 aliphatic heterocycles. The highest BCUT2D eigenvalue weighted by Gasteiger charge is 2.58. The van der Waals surface area contributed by atoms with Crippen molar-refractivity contribution in [2.24, 2.45) is 16.3 Å². The molecule has 4 rings (SSSR count). The van der Waals surface area contributed by atoms with Crippen LogP contribution < -0.4 is 15.5 Å². The van der Waals surface area contributed by atoms with E-state index < -0.39 is 0 Å². The molecule has 5 heteroatoms. The Hall–Kier alpha value is -1.75. The van der Waals surface area contributed by atoms with Gasteiger partial charge in [0.25, 0.3) is 0 Å². The Balaban J connectivity index is 1.40. The largest absolute Gasteiger partial charge is 0.377 e. The van der Waals surface area contributed by atoms with Gasteiger partial charge >= 0.3 is 0 Å². The number of nitrogens with zero attached hydrogens (tertiary/aromatic N) is 2. The molecular weight excluding hydrogens is 348 g/mol. The second-order valence-electron chi connectivity index (χ2n) is 9.27. The Morgan fingerprint density at radius 1 is 1.25 bits per heavy atom. The van der Waals surface area contributed by atoms with Crippen molar-refractivity contribution in [1.29, 1.82) is 0 Å². The number of hydrogen-bond donors (Lipinski definition) is 2. The van der Waals surface area contributed by atoms with Crippen LogP contribution in [0.3, 0.4) is 0 Å². The molecular formula is C23H36N4O. The summed E-state index contributed by atoms with van der Waals surface area (Å²) in [4.78, 5) is 7.01. The van der Waals surface area contributed by atoms with Crippen molar-refractivity contribution >= 4 is 11.6 Å². The SMILES string of the molecule is CN=C(NC(C)c1cccc(N2CCCC2)c1)NC1C2CCCOC2C1(C)C. The Kier molecular flexibility index (Phi) is 5.55. The third kappa shape index (κ3) is 3.61. The molecule has 1 saturated carbocycles. The molecule has 28 heavy (non-hydrogen) atoms. The van der Waals surface area contributed by atoms with Gasteiger partial charge in [-0.25, -0.2) is 0 Å². The third-order valence-corrected chi connectivity index (χ3v) is 7.04. The predicted octanol–water partition coefficient (Wildman–Crippen LogP) is 3.72. The van der Waals surface area contributed by atoms with Crippen LogP contribution >= 0.6 is 0 Å². The second kappa shape index (κ2) is 7.94. The zero-order valence-electron chi connectivity index (χ0n) is 17.9. The summed E-state index contributed by atoms with van der Waals surface area (Å²) in [5, 5.41) is 7.32. The van der Waals surface area contributed by atoms with Crippen LogP contribution in [0.5, 0.6) is 0 Å². The molecule has 4 unspecified atom stereocenters. The van der Waals surface area contributed by atoms with E-state index in [1.807, 2.05) is 7.05 Å². The molecule has 0 amide bonds. The fourth-order valence-corrected chi connectivity index (χ4v) is 5.39. The van der Waals surface area contributed by atoms with Crippen LogP contribution in [-0.2, 0) is 4.74 Å². The summed E-state index contributed by atoms with van der Waals surface area (Å²) in [5.74, 6) is 1.48. The quantitative estimate of drug-likeness (QED) is 0.614. The molecule has 1 aromatic rings. The molecule has 0 radical (unpaired) electrons. The van der Waals surface area contributed by atoms with Crippen molar-refractivity contribution in [3.63, 3.8) is 0 Å². The van der Waals surface area contributed by atoms with Crippen molar-refractivity contribution in [2.45, 2.75) is 64.6 Å². The smallest absolute Gasteiger partial charge is 0.191 e. The maximum Gasteiger partial charge on any atom is 0.191 e. The number of benzene rings is 1. The summed E-state index contributed by atoms with van der Waals surface area (Å²) < 4.78 is 6.04. The van der Waals surface area contributed by atoms with Crippen LogP contribution in [0.15, 0.2) is 29.3 Å². The van der Waals surface area contributed by atoms with Gasteiger partial charge in [0.15, 0.2) is 5.96 Å². The van der Waals surface area contributed by atoms with Gasteiger partial charge in [0.05, 0.1) is 12.1 Å². The van der Waals surface area contributed by atoms with Gasteiger partial charge in [0, 0.05) is 49.8 Å². The first-order chi connectivity index (χ1) is 13.5. The number of hydrogen-bond acceptors (Lipinski definition) is 3. The molecule has 154 valence electrons. The van der Waals surface area contributed by atoms with E-state index in [-0.39, 0.29) is 11.5 Å². The average Bonchev–Trinajstić information content (AvgIpc) is 3.26. The molecule has 1 aromatic carbocycles. The molecule has 3 aliphatic rings. The molecule has 2 saturated heterocycles. The van der Waals surface area contributed by atoms with Crippen molar-refractivity contribution in [2.75, 3.05) is 31.6 Å². The number of anilines is 1. The Morgan fingerprint density at radius 2 is 2.04 bits per heavy atom. The average molecular weight is 385 g/mol. The van der Waals surface area contributed by atoms with Crippen molar-refractivity contribution in [3.8, 4) is 0 Å². The van der Waals surface area contributed by atoms with E-state index in [9.17, 15) is 0 Å². The summed E-state index contributed by atoms with van der Waals surface area (Å²) in [6.45, 7) is 10.1. The van der Waals surface area contributed by atoms with Gasteiger partial charge in [-0.1, -0.05) is 26.0 Å². The minimum Gasteiger partial charge on any atom is -0.377 e. The molecule has 3 fully saturated rings. The van der Waals surface area contributed by atoms with E-state index in [2.05, 4.69) is 65.6 Å². The first kappa shape index (κ1) is 19.6. The molecule has 0 spiro atoms. The maximum absolute atomic E-state index is 6.04. The zero-order valence-corrected chi connectivity index (χ0v) is 17.9. The number of nitrogens with one attached hydrogen (secondary N) is 2. The van der Waals surface area contributed by atoms with E-state index in [0.29, 0.717) is 18.1 Å². The molecule has 2 N–H and O–H groups in total. The normalized spacial score (nSPS) is 30.4. The van der Waals surface area contributed by atoms with Crippen LogP contribution in [0.4, 0.5) is 5.69 Å². The number of rotatable bonds is 4. The van der Waals surface area contributed by atoms with Gasteiger partial charge < -0.3 is 20.3 Å². The molecule has 2 heterocycles. The fourth-order valence-electron chi connectivity index (χ4n) is 5.39. The van der Waals surface area contributed by atoms with Crippen LogP contribution in [0, 0.1) is 11.3 Å². The molecule has 1 aliphatic carbocycles. The molecule has 0 bridgehead atoms. The number of ether oxygens (including phenoxy) is 1. The second-order valence-corrected chi connectivity index (χ2v) is 9.27. The van der Waals surface area contributed by atoms with Crippen molar-refractivity contribution in [3.05, 3.63) is 29.8 Å². The van der Waals surface area contributed by atoms with E-state index >= 15 is 0 Å². The minimum atomic E-state index is 0.140. The number of aliphatic imine (C=N–C) groups is 1. The molecule has 5 nitrogen and oxygen atoms in total. The van der Waals surface area contributed by atoms with E-state index in [0.717, 1.165) is 12.6 Å². The molecule has 4 atom stereocenters. The number of guanidine groups is 1. The van der Waals surface area contributed by atoms with Crippen LogP contribution in [0.2, 0.25) is 0 Å². The van der Waals surface area contributed by atoms with Crippen molar-refractivity contribution < 1.29 is 4.74 Å². The zero-order chi connectivity index (χ0) is 19.7. The first-order valence-electron chi connectivity index (χ1n) is 11.0. The lowest BCUT2D eigenvalue weighted by molar-refractivity contribution is -0.188. The van der Waals surface area contributed by atoms with Gasteiger partial charge in [-0.3, -0.25) is 4.99 Å². The van der Waals surface area contributed by atoms with Gasteiger partial charge in [-0.15, -0.1) is 0 Å². The van der Waals surface area contributed by atoms with E-state index in [1.54, 1.807) is 0 Å². The topological polar surface area (TPSA) is 48.9 Å². The third-order valence-electron chi connectivity index (χ3n) is 7.04. The van der Waals surface area contributed by atoms with Gasteiger partial charge in [-0.2, -0.15) is 0 Å². The highest BCUT2D eigenvalue weighted by Crippen LogP contribution is 2.51. The Labute approximate surface area is 169 Å². The predicted molar refractivity (Wildman–Crippen MR) is 116 cm³/mol. The monoisotopic (exact) mass is 384 g/mol. The highest BCUT2D eigenvalue weighted by atomic mass is 16.5. The lowest BCUT2D eigenvalue weighted by atomic mass is 9.55. The summed E-state index contributed by atoms with van der Waals surface area (Å²) in [6, 6.07) is 9.56. The summed E-state index contributed by atoms with van der Waals surface area (Å²) in [5.41, 5.74) is 2.79. The minimum absolute atomic E-state index is 0.140. The Bertz CT molecular complexity index is 710. The maximum atomic E-state index is 6.04. The van der Waals surface area contributed by atoms with E-state index in [1.165, 1.54) is 50.0 Å². The van der Waals surface area contributed by atoms with Gasteiger partial charge in [0.1, 0.15) is 0 Å². The van der Waals surface area contributed by atoms with Crippen molar-refractivity contribution in [1.82, 2.24) is 10.6 Å². The lowest BCUT2D eigenvalue weighted by Gasteiger charge is -2.60. The first-order valence-corrected chi connectivity index (χ1v) is 11.0. The van der Waals surface area contributed by atoms with Gasteiger partial charge in [-0.05, 0) is 50.3 Å². The fraction of sp³-hybridized carbons (Fsp3) is 0.696. The van der Waals surface area contributed by atoms with Gasteiger partial charge in [0.2, 0.25) is 0 Å². The standard InChI is InChI=1S/C23H36N4O/c1-16(17-9-7-10-18(15-17)27-12-5-6-13-27)25-22(24-4)26-20-19-11-8-14-28-21(19)23(20,2)3/h7,9-10,15-16,19-21H,5-6,8,11-14H2,1-4H3,(H2,24,25,26). The number of fused-ring (bicyclic) bond motifs is 1. The molecule has 0 aromatic heterocycles. The summed E-state index contributed by atoms with van der Waals surface area (Å²) in [6.07, 6.45) is 5.40. The Morgan fingerprint density at radius 3 is 2.79 bits per heavy atom. The van der Waals surface area contributed by atoms with Crippen LogP contribution in [0.1, 0.15) is 58.1 Å². The van der Waals surface area contributed by atoms with E-state index in [4.69, 9.17) is 4.74 Å². The van der Waals surface area contributed by atoms with Crippen LogP contribution in [0.25, 0.3) is 0 Å².